The summed E-state index contributed by atoms with van der Waals surface area (Å²) in [6.45, 7) is 6.65. The van der Waals surface area contributed by atoms with Crippen LogP contribution < -0.4 is 11.1 Å². The van der Waals surface area contributed by atoms with E-state index in [1.165, 1.54) is 19.3 Å². The topological polar surface area (TPSA) is 55.1 Å². The molecule has 4 bridgehead atoms. The Bertz CT molecular complexity index is 457. The fourth-order valence-corrected chi connectivity index (χ4v) is 6.18. The maximum Gasteiger partial charge on any atom is 0.226 e. The Kier molecular flexibility index (Phi) is 2.99. The number of nitrogens with two attached hydrogens (primary N) is 1. The molecule has 3 unspecified atom stereocenters. The second-order valence-electron chi connectivity index (χ2n) is 8.51. The van der Waals surface area contributed by atoms with Crippen LogP contribution in [0.1, 0.15) is 59.3 Å². The van der Waals surface area contributed by atoms with Crippen molar-refractivity contribution in [3.8, 4) is 0 Å². The van der Waals surface area contributed by atoms with Gasteiger partial charge in [-0.25, -0.2) is 0 Å². The molecule has 3 N–H and O–H groups in total. The third-order valence-electron chi connectivity index (χ3n) is 5.88. The average molecular weight is 294 g/mol. The zero-order chi connectivity index (χ0) is 14.8. The van der Waals surface area contributed by atoms with Gasteiger partial charge in [-0.2, -0.15) is 0 Å². The Morgan fingerprint density at radius 2 is 1.75 bits per heavy atom. The maximum absolute atomic E-state index is 12.9. The first-order valence-corrected chi connectivity index (χ1v) is 8.17. The number of carbonyl (C=O) groups excluding carboxylic acids is 1. The van der Waals surface area contributed by atoms with Crippen LogP contribution in [-0.4, -0.2) is 16.9 Å². The minimum absolute atomic E-state index is 0.165. The molecule has 1 amide bonds. The molecule has 3 atom stereocenters. The molecule has 0 spiro atoms. The molecular formula is C16H26N2OS. The second-order valence-corrected chi connectivity index (χ2v) is 8.98. The molecule has 4 rings (SSSR count). The van der Waals surface area contributed by atoms with E-state index in [1.54, 1.807) is 0 Å². The molecule has 0 aromatic rings. The average Bonchev–Trinajstić information content (AvgIpc) is 2.23. The van der Waals surface area contributed by atoms with Crippen molar-refractivity contribution in [1.82, 2.24) is 5.32 Å². The molecule has 4 fully saturated rings. The Morgan fingerprint density at radius 1 is 1.20 bits per heavy atom. The predicted molar refractivity (Wildman–Crippen MR) is 84.2 cm³/mol. The number of hydrogen-bond donors (Lipinski definition) is 2. The molecule has 0 aromatic carbocycles. The summed E-state index contributed by atoms with van der Waals surface area (Å²) in [6.07, 6.45) is 7.05. The largest absolute Gasteiger partial charge is 0.392 e. The standard InChI is InChI=1S/C16H26N2OS/c1-10(12(17)20)18-13(19)16-6-11-4-14(2,8-16)7-15(3,5-11)9-16/h10-11H,4-9H2,1-3H3,(H2,17,20)(H,18,19). The lowest BCUT2D eigenvalue weighted by molar-refractivity contribution is -0.170. The lowest BCUT2D eigenvalue weighted by Gasteiger charge is -2.64. The summed E-state index contributed by atoms with van der Waals surface area (Å²) in [5.74, 6) is 0.923. The van der Waals surface area contributed by atoms with Crippen LogP contribution in [0, 0.1) is 22.2 Å². The molecule has 4 aliphatic carbocycles. The summed E-state index contributed by atoms with van der Waals surface area (Å²) >= 11 is 4.99. The first-order chi connectivity index (χ1) is 9.15. The van der Waals surface area contributed by atoms with Crippen LogP contribution in [0.15, 0.2) is 0 Å². The fourth-order valence-electron chi connectivity index (χ4n) is 6.12. The van der Waals surface area contributed by atoms with Crippen LogP contribution in [0.2, 0.25) is 0 Å². The van der Waals surface area contributed by atoms with E-state index in [0.717, 1.165) is 25.2 Å². The highest BCUT2D eigenvalue weighted by Gasteiger charge is 2.62. The number of hydrogen-bond acceptors (Lipinski definition) is 2. The lowest BCUT2D eigenvalue weighted by atomic mass is 9.40. The van der Waals surface area contributed by atoms with Crippen molar-refractivity contribution >= 4 is 23.1 Å². The predicted octanol–water partition coefficient (Wildman–Crippen LogP) is 2.77. The molecule has 0 heterocycles. The molecule has 3 nitrogen and oxygen atoms in total. The normalized spacial score (nSPS) is 47.0. The third kappa shape index (κ3) is 2.16. The SMILES string of the molecule is CC(NC(=O)C12CC3CC(C)(CC(C)(C3)C1)C2)C(N)=S. The molecule has 20 heavy (non-hydrogen) atoms. The van der Waals surface area contributed by atoms with Gasteiger partial charge in [0.2, 0.25) is 5.91 Å². The smallest absolute Gasteiger partial charge is 0.226 e. The maximum atomic E-state index is 12.9. The molecule has 4 saturated carbocycles. The van der Waals surface area contributed by atoms with Crippen LogP contribution in [0.25, 0.3) is 0 Å². The van der Waals surface area contributed by atoms with Crippen LogP contribution in [0.4, 0.5) is 0 Å². The van der Waals surface area contributed by atoms with E-state index < -0.39 is 0 Å². The Labute approximate surface area is 127 Å². The van der Waals surface area contributed by atoms with Gasteiger partial charge < -0.3 is 11.1 Å². The monoisotopic (exact) mass is 294 g/mol. The van der Waals surface area contributed by atoms with Gasteiger partial charge >= 0.3 is 0 Å². The molecule has 0 aliphatic heterocycles. The van der Waals surface area contributed by atoms with E-state index >= 15 is 0 Å². The molecule has 0 aromatic heterocycles. The van der Waals surface area contributed by atoms with Crippen LogP contribution in [0.5, 0.6) is 0 Å². The third-order valence-corrected chi connectivity index (χ3v) is 6.24. The van der Waals surface area contributed by atoms with Crippen molar-refractivity contribution in [2.24, 2.45) is 27.9 Å². The molecule has 0 saturated heterocycles. The quantitative estimate of drug-likeness (QED) is 0.787. The Balaban J connectivity index is 1.85. The Morgan fingerprint density at radius 3 is 2.20 bits per heavy atom. The lowest BCUT2D eigenvalue weighted by Crippen LogP contribution is -2.61. The number of thiocarbonyl (C=S) groups is 1. The van der Waals surface area contributed by atoms with Crippen LogP contribution >= 0.6 is 12.2 Å². The van der Waals surface area contributed by atoms with Gasteiger partial charge in [-0.1, -0.05) is 26.1 Å². The van der Waals surface area contributed by atoms with Crippen molar-refractivity contribution < 1.29 is 4.79 Å². The number of rotatable bonds is 3. The molecular weight excluding hydrogens is 268 g/mol. The van der Waals surface area contributed by atoms with Gasteiger partial charge in [0.25, 0.3) is 0 Å². The summed E-state index contributed by atoms with van der Waals surface area (Å²) in [5, 5.41) is 3.07. The molecule has 4 heteroatoms. The highest BCUT2D eigenvalue weighted by atomic mass is 32.1. The summed E-state index contributed by atoms with van der Waals surface area (Å²) in [6, 6.07) is -0.203. The van der Waals surface area contributed by atoms with E-state index in [2.05, 4.69) is 19.2 Å². The van der Waals surface area contributed by atoms with Crippen molar-refractivity contribution in [2.75, 3.05) is 0 Å². The highest BCUT2D eigenvalue weighted by molar-refractivity contribution is 7.80. The minimum atomic E-state index is -0.203. The van der Waals surface area contributed by atoms with Gasteiger partial charge in [-0.3, -0.25) is 4.79 Å². The van der Waals surface area contributed by atoms with Gasteiger partial charge in [0.05, 0.1) is 16.4 Å². The first kappa shape index (κ1) is 14.3. The number of carbonyl (C=O) groups is 1. The van der Waals surface area contributed by atoms with Gasteiger partial charge in [0.1, 0.15) is 0 Å². The van der Waals surface area contributed by atoms with Gasteiger partial charge in [0, 0.05) is 0 Å². The van der Waals surface area contributed by atoms with Gasteiger partial charge in [-0.15, -0.1) is 0 Å². The zero-order valence-electron chi connectivity index (χ0n) is 12.8. The highest BCUT2D eigenvalue weighted by Crippen LogP contribution is 2.69. The first-order valence-electron chi connectivity index (χ1n) is 7.76. The molecule has 112 valence electrons. The summed E-state index contributed by atoms with van der Waals surface area (Å²) < 4.78 is 0. The zero-order valence-corrected chi connectivity index (χ0v) is 13.6. The summed E-state index contributed by atoms with van der Waals surface area (Å²) in [5.41, 5.74) is 6.20. The summed E-state index contributed by atoms with van der Waals surface area (Å²) in [4.78, 5) is 13.2. The number of nitrogens with one attached hydrogen (secondary N) is 1. The molecule has 0 radical (unpaired) electrons. The van der Waals surface area contributed by atoms with Gasteiger partial charge in [-0.05, 0) is 62.2 Å². The van der Waals surface area contributed by atoms with Crippen LogP contribution in [-0.2, 0) is 4.79 Å². The van der Waals surface area contributed by atoms with E-state index in [4.69, 9.17) is 18.0 Å². The fraction of sp³-hybridized carbons (Fsp3) is 0.875. The molecule has 4 aliphatic rings. The van der Waals surface area contributed by atoms with E-state index in [9.17, 15) is 4.79 Å². The van der Waals surface area contributed by atoms with Crippen molar-refractivity contribution in [3.63, 3.8) is 0 Å². The van der Waals surface area contributed by atoms with Crippen LogP contribution in [0.3, 0.4) is 0 Å². The second kappa shape index (κ2) is 4.19. The van der Waals surface area contributed by atoms with E-state index in [-0.39, 0.29) is 17.4 Å². The van der Waals surface area contributed by atoms with E-state index in [0.29, 0.717) is 15.8 Å². The van der Waals surface area contributed by atoms with Crippen molar-refractivity contribution in [1.29, 1.82) is 0 Å². The number of amides is 1. The Hall–Kier alpha value is -0.640. The van der Waals surface area contributed by atoms with Crippen molar-refractivity contribution in [3.05, 3.63) is 0 Å². The van der Waals surface area contributed by atoms with Crippen molar-refractivity contribution in [2.45, 2.75) is 65.3 Å². The summed E-state index contributed by atoms with van der Waals surface area (Å²) in [7, 11) is 0. The van der Waals surface area contributed by atoms with E-state index in [1.807, 2.05) is 6.92 Å². The van der Waals surface area contributed by atoms with Gasteiger partial charge in [0.15, 0.2) is 0 Å². The minimum Gasteiger partial charge on any atom is -0.392 e.